The van der Waals surface area contributed by atoms with Crippen molar-refractivity contribution in [3.05, 3.63) is 77.2 Å². The van der Waals surface area contributed by atoms with Crippen molar-refractivity contribution < 1.29 is 23.5 Å². The number of allylic oxidation sites excluding steroid dienone is 1. The molecule has 0 aliphatic heterocycles. The van der Waals surface area contributed by atoms with Gasteiger partial charge in [0.1, 0.15) is 5.82 Å². The molecule has 2 aromatic carbocycles. The van der Waals surface area contributed by atoms with Crippen molar-refractivity contribution >= 4 is 17.7 Å². The number of ether oxygens (including phenoxy) is 2. The molecule has 0 atom stereocenters. The zero-order valence-electron chi connectivity index (χ0n) is 16.1. The van der Waals surface area contributed by atoms with Gasteiger partial charge >= 0.3 is 12.1 Å². The van der Waals surface area contributed by atoms with E-state index >= 15 is 0 Å². The van der Waals surface area contributed by atoms with Gasteiger partial charge in [-0.15, -0.1) is 0 Å². The molecule has 0 fully saturated rings. The third-order valence-electron chi connectivity index (χ3n) is 4.13. The van der Waals surface area contributed by atoms with Gasteiger partial charge < -0.3 is 14.8 Å². The van der Waals surface area contributed by atoms with E-state index in [2.05, 4.69) is 5.32 Å². The molecule has 2 rings (SSSR count). The van der Waals surface area contributed by atoms with Gasteiger partial charge in [0, 0.05) is 17.9 Å². The van der Waals surface area contributed by atoms with Crippen LogP contribution in [0, 0.1) is 5.82 Å². The van der Waals surface area contributed by atoms with Crippen molar-refractivity contribution in [3.8, 4) is 0 Å². The Morgan fingerprint density at radius 2 is 1.64 bits per heavy atom. The van der Waals surface area contributed by atoms with E-state index in [1.54, 1.807) is 6.92 Å². The molecule has 148 valence electrons. The molecule has 6 nitrogen and oxygen atoms in total. The SMILES string of the molecule is COC(=O)/C(CN(C(=O)OC)c1ccc(F)cc1)=C(/C)NCc1ccccc1. The molecule has 0 saturated heterocycles. The number of amides is 1. The Kier molecular flexibility index (Phi) is 7.56. The number of halogens is 1. The molecule has 7 heteroatoms. The molecule has 0 aliphatic carbocycles. The van der Waals surface area contributed by atoms with Crippen LogP contribution in [0.25, 0.3) is 0 Å². The molecule has 0 heterocycles. The van der Waals surface area contributed by atoms with Gasteiger partial charge in [0.2, 0.25) is 0 Å². The predicted octanol–water partition coefficient (Wildman–Crippen LogP) is 3.64. The Balaban J connectivity index is 2.29. The first-order valence-corrected chi connectivity index (χ1v) is 8.63. The summed E-state index contributed by atoms with van der Waals surface area (Å²) in [5.74, 6) is -1.01. The fraction of sp³-hybridized carbons (Fsp3) is 0.238. The Labute approximate surface area is 163 Å². The summed E-state index contributed by atoms with van der Waals surface area (Å²) in [6, 6.07) is 15.0. The van der Waals surface area contributed by atoms with Gasteiger partial charge in [0.05, 0.1) is 26.3 Å². The summed E-state index contributed by atoms with van der Waals surface area (Å²) in [5, 5.41) is 3.18. The van der Waals surface area contributed by atoms with Crippen molar-refractivity contribution in [2.45, 2.75) is 13.5 Å². The molecule has 0 radical (unpaired) electrons. The van der Waals surface area contributed by atoms with Gasteiger partial charge in [-0.2, -0.15) is 0 Å². The number of nitrogens with zero attached hydrogens (tertiary/aromatic N) is 1. The quantitative estimate of drug-likeness (QED) is 0.581. The second kappa shape index (κ2) is 10.1. The van der Waals surface area contributed by atoms with Crippen LogP contribution in [0.3, 0.4) is 0 Å². The Hall–Kier alpha value is -3.35. The number of nitrogens with one attached hydrogen (secondary N) is 1. The van der Waals surface area contributed by atoms with Gasteiger partial charge in [-0.25, -0.2) is 14.0 Å². The summed E-state index contributed by atoms with van der Waals surface area (Å²) < 4.78 is 22.9. The van der Waals surface area contributed by atoms with Crippen molar-refractivity contribution in [2.24, 2.45) is 0 Å². The zero-order chi connectivity index (χ0) is 20.5. The van der Waals surface area contributed by atoms with Crippen LogP contribution in [0.1, 0.15) is 12.5 Å². The molecular formula is C21H23FN2O4. The summed E-state index contributed by atoms with van der Waals surface area (Å²) >= 11 is 0. The average Bonchev–Trinajstić information content (AvgIpc) is 2.73. The summed E-state index contributed by atoms with van der Waals surface area (Å²) in [6.45, 7) is 2.13. The van der Waals surface area contributed by atoms with Crippen LogP contribution < -0.4 is 10.2 Å². The molecule has 0 saturated carbocycles. The van der Waals surface area contributed by atoms with Gasteiger partial charge in [0.15, 0.2) is 0 Å². The summed E-state index contributed by atoms with van der Waals surface area (Å²) in [5.41, 5.74) is 2.25. The lowest BCUT2D eigenvalue weighted by Crippen LogP contribution is -2.35. The van der Waals surface area contributed by atoms with E-state index in [-0.39, 0.29) is 12.1 Å². The van der Waals surface area contributed by atoms with Crippen molar-refractivity contribution in [2.75, 3.05) is 25.7 Å². The number of carbonyl (C=O) groups excluding carboxylic acids is 2. The highest BCUT2D eigenvalue weighted by molar-refractivity contribution is 5.94. The number of esters is 1. The lowest BCUT2D eigenvalue weighted by Gasteiger charge is -2.23. The van der Waals surface area contributed by atoms with Crippen LogP contribution >= 0.6 is 0 Å². The maximum atomic E-state index is 13.2. The minimum absolute atomic E-state index is 0.0986. The summed E-state index contributed by atoms with van der Waals surface area (Å²) in [6.07, 6.45) is -0.677. The molecule has 28 heavy (non-hydrogen) atoms. The molecule has 0 bridgehead atoms. The van der Waals surface area contributed by atoms with Crippen LogP contribution in [0.4, 0.5) is 14.9 Å². The standard InChI is InChI=1S/C21H23FN2O4/c1-15(23-13-16-7-5-4-6-8-16)19(20(25)27-2)14-24(21(26)28-3)18-11-9-17(22)10-12-18/h4-12,23H,13-14H2,1-3H3/b19-15-. The van der Waals surface area contributed by atoms with E-state index in [4.69, 9.17) is 9.47 Å². The topological polar surface area (TPSA) is 67.9 Å². The van der Waals surface area contributed by atoms with Crippen LogP contribution in [-0.2, 0) is 20.8 Å². The number of rotatable bonds is 7. The number of methoxy groups -OCH3 is 2. The normalized spacial score (nSPS) is 11.3. The molecule has 1 N–H and O–H groups in total. The largest absolute Gasteiger partial charge is 0.466 e. The van der Waals surface area contributed by atoms with E-state index in [0.29, 0.717) is 17.9 Å². The minimum atomic E-state index is -0.677. The second-order valence-corrected chi connectivity index (χ2v) is 5.97. The van der Waals surface area contributed by atoms with Crippen molar-refractivity contribution in [3.63, 3.8) is 0 Å². The maximum Gasteiger partial charge on any atom is 0.414 e. The van der Waals surface area contributed by atoms with E-state index in [9.17, 15) is 14.0 Å². The van der Waals surface area contributed by atoms with Crippen LogP contribution in [0.15, 0.2) is 65.9 Å². The Morgan fingerprint density at radius 1 is 1.00 bits per heavy atom. The highest BCUT2D eigenvalue weighted by Crippen LogP contribution is 2.19. The second-order valence-electron chi connectivity index (χ2n) is 5.97. The van der Waals surface area contributed by atoms with Gasteiger partial charge in [-0.1, -0.05) is 30.3 Å². The summed E-state index contributed by atoms with van der Waals surface area (Å²) in [4.78, 5) is 25.8. The van der Waals surface area contributed by atoms with E-state index < -0.39 is 17.9 Å². The highest BCUT2D eigenvalue weighted by Gasteiger charge is 2.23. The number of benzene rings is 2. The first kappa shape index (κ1) is 21.0. The zero-order valence-corrected chi connectivity index (χ0v) is 16.1. The first-order valence-electron chi connectivity index (χ1n) is 8.63. The predicted molar refractivity (Wildman–Crippen MR) is 104 cm³/mol. The summed E-state index contributed by atoms with van der Waals surface area (Å²) in [7, 11) is 2.51. The number of hydrogen-bond donors (Lipinski definition) is 1. The van der Waals surface area contributed by atoms with Crippen molar-refractivity contribution in [1.29, 1.82) is 0 Å². The molecule has 0 aliphatic rings. The monoisotopic (exact) mass is 386 g/mol. The number of carbonyl (C=O) groups is 2. The van der Waals surface area contributed by atoms with Gasteiger partial charge in [0.25, 0.3) is 0 Å². The number of anilines is 1. The first-order chi connectivity index (χ1) is 13.5. The van der Waals surface area contributed by atoms with Gasteiger partial charge in [-0.05, 0) is 36.8 Å². The lowest BCUT2D eigenvalue weighted by molar-refractivity contribution is -0.136. The third kappa shape index (κ3) is 5.57. The van der Waals surface area contributed by atoms with E-state index in [1.807, 2.05) is 30.3 Å². The van der Waals surface area contributed by atoms with E-state index in [1.165, 1.54) is 43.4 Å². The molecule has 0 unspecified atom stereocenters. The fourth-order valence-corrected chi connectivity index (χ4v) is 2.55. The smallest absolute Gasteiger partial charge is 0.414 e. The Bertz CT molecular complexity index is 835. The van der Waals surface area contributed by atoms with Gasteiger partial charge in [-0.3, -0.25) is 4.90 Å². The molecular weight excluding hydrogens is 363 g/mol. The fourth-order valence-electron chi connectivity index (χ4n) is 2.55. The molecule has 1 amide bonds. The average molecular weight is 386 g/mol. The van der Waals surface area contributed by atoms with Crippen LogP contribution in [0.2, 0.25) is 0 Å². The lowest BCUT2D eigenvalue weighted by atomic mass is 10.1. The highest BCUT2D eigenvalue weighted by atomic mass is 19.1. The Morgan fingerprint density at radius 3 is 2.21 bits per heavy atom. The molecule has 0 aromatic heterocycles. The van der Waals surface area contributed by atoms with Crippen molar-refractivity contribution in [1.82, 2.24) is 5.32 Å². The van der Waals surface area contributed by atoms with Crippen LogP contribution in [-0.4, -0.2) is 32.8 Å². The number of hydrogen-bond acceptors (Lipinski definition) is 5. The molecule has 2 aromatic rings. The van der Waals surface area contributed by atoms with E-state index in [0.717, 1.165) is 5.56 Å². The maximum absolute atomic E-state index is 13.2. The van der Waals surface area contributed by atoms with Crippen LogP contribution in [0.5, 0.6) is 0 Å². The molecule has 0 spiro atoms. The third-order valence-corrected chi connectivity index (χ3v) is 4.13. The minimum Gasteiger partial charge on any atom is -0.466 e.